The summed E-state index contributed by atoms with van der Waals surface area (Å²) >= 11 is 0. The molecule has 0 radical (unpaired) electrons. The molecular weight excluding hydrogens is 342 g/mol. The molecule has 7 heteroatoms. The van der Waals surface area contributed by atoms with Crippen LogP contribution in [-0.4, -0.2) is 65.6 Å². The summed E-state index contributed by atoms with van der Waals surface area (Å²) in [7, 11) is 7.46. The second-order valence-electron chi connectivity index (χ2n) is 6.36. The van der Waals surface area contributed by atoms with Crippen LogP contribution in [0.15, 0.2) is 35.3 Å². The predicted octanol–water partition coefficient (Wildman–Crippen LogP) is 2.02. The molecule has 0 atom stereocenters. The molecule has 0 amide bonds. The average Bonchev–Trinajstić information content (AvgIpc) is 2.69. The summed E-state index contributed by atoms with van der Waals surface area (Å²) < 4.78 is 10.4. The summed E-state index contributed by atoms with van der Waals surface area (Å²) in [5.74, 6) is 1.72. The molecule has 2 rings (SSSR count). The van der Waals surface area contributed by atoms with Gasteiger partial charge in [0.05, 0.1) is 18.7 Å². The summed E-state index contributed by atoms with van der Waals surface area (Å²) in [4.78, 5) is 11.0. The smallest absolute Gasteiger partial charge is 0.191 e. The fourth-order valence-corrected chi connectivity index (χ4v) is 2.63. The highest BCUT2D eigenvalue weighted by molar-refractivity contribution is 5.85. The Balaban J connectivity index is 1.90. The van der Waals surface area contributed by atoms with E-state index in [1.165, 1.54) is 5.56 Å². The summed E-state index contributed by atoms with van der Waals surface area (Å²) in [5, 5.41) is 7.86. The minimum absolute atomic E-state index is 0.630. The molecule has 0 spiro atoms. The molecule has 7 nitrogen and oxygen atoms in total. The standard InChI is InChI=1S/C20H31N5O2/c1-21-20(22-10-7-11-27-13-12-26-4)23-15-16-14-19(25(2)3)24-18-9-6-5-8-17(16)18/h5-6,8-9,14H,7,10-13,15H2,1-4H3,(H2,21,22,23). The second-order valence-corrected chi connectivity index (χ2v) is 6.36. The lowest BCUT2D eigenvalue weighted by molar-refractivity contribution is 0.0698. The van der Waals surface area contributed by atoms with Gasteiger partial charge in [0.2, 0.25) is 0 Å². The van der Waals surface area contributed by atoms with Gasteiger partial charge in [0.25, 0.3) is 0 Å². The number of hydrogen-bond donors (Lipinski definition) is 2. The van der Waals surface area contributed by atoms with Crippen molar-refractivity contribution < 1.29 is 9.47 Å². The van der Waals surface area contributed by atoms with Gasteiger partial charge in [-0.2, -0.15) is 0 Å². The minimum Gasteiger partial charge on any atom is -0.382 e. The van der Waals surface area contributed by atoms with Crippen LogP contribution < -0.4 is 15.5 Å². The molecule has 0 aliphatic carbocycles. The normalized spacial score (nSPS) is 11.6. The number of guanidine groups is 1. The van der Waals surface area contributed by atoms with Crippen molar-refractivity contribution in [1.29, 1.82) is 0 Å². The topological polar surface area (TPSA) is 71.0 Å². The van der Waals surface area contributed by atoms with E-state index in [2.05, 4.69) is 27.8 Å². The number of hydrogen-bond acceptors (Lipinski definition) is 5. The van der Waals surface area contributed by atoms with Gasteiger partial charge in [-0.1, -0.05) is 18.2 Å². The van der Waals surface area contributed by atoms with Crippen LogP contribution in [0.25, 0.3) is 10.9 Å². The number of benzene rings is 1. The van der Waals surface area contributed by atoms with E-state index in [1.807, 2.05) is 37.2 Å². The van der Waals surface area contributed by atoms with Gasteiger partial charge in [-0.05, 0) is 24.1 Å². The summed E-state index contributed by atoms with van der Waals surface area (Å²) in [6.07, 6.45) is 0.910. The zero-order valence-corrected chi connectivity index (χ0v) is 16.8. The monoisotopic (exact) mass is 373 g/mol. The second kappa shape index (κ2) is 11.4. The van der Waals surface area contributed by atoms with E-state index in [9.17, 15) is 0 Å². The molecule has 2 aromatic rings. The third-order valence-electron chi connectivity index (χ3n) is 4.11. The highest BCUT2D eigenvalue weighted by atomic mass is 16.5. The Morgan fingerprint density at radius 3 is 2.70 bits per heavy atom. The van der Waals surface area contributed by atoms with E-state index in [0.717, 1.165) is 35.6 Å². The first-order valence-corrected chi connectivity index (χ1v) is 9.23. The van der Waals surface area contributed by atoms with E-state index in [-0.39, 0.29) is 0 Å². The first-order valence-electron chi connectivity index (χ1n) is 9.23. The van der Waals surface area contributed by atoms with Crippen LogP contribution in [0.2, 0.25) is 0 Å². The largest absolute Gasteiger partial charge is 0.382 e. The molecule has 1 heterocycles. The maximum absolute atomic E-state index is 5.47. The van der Waals surface area contributed by atoms with Gasteiger partial charge >= 0.3 is 0 Å². The lowest BCUT2D eigenvalue weighted by Gasteiger charge is -2.17. The maximum Gasteiger partial charge on any atom is 0.191 e. The number of aromatic nitrogens is 1. The Morgan fingerprint density at radius 1 is 1.15 bits per heavy atom. The van der Waals surface area contributed by atoms with Crippen molar-refractivity contribution in [2.24, 2.45) is 4.99 Å². The number of rotatable bonds is 10. The number of nitrogens with zero attached hydrogens (tertiary/aromatic N) is 3. The number of fused-ring (bicyclic) bond motifs is 1. The Morgan fingerprint density at radius 2 is 1.96 bits per heavy atom. The molecule has 0 fully saturated rings. The Bertz CT molecular complexity index is 733. The quantitative estimate of drug-likeness (QED) is 0.377. The Hall–Kier alpha value is -2.38. The predicted molar refractivity (Wildman–Crippen MR) is 112 cm³/mol. The highest BCUT2D eigenvalue weighted by Gasteiger charge is 2.08. The molecule has 2 N–H and O–H groups in total. The van der Waals surface area contributed by atoms with E-state index in [1.54, 1.807) is 14.2 Å². The van der Waals surface area contributed by atoms with Gasteiger partial charge < -0.3 is 25.0 Å². The first-order chi connectivity index (χ1) is 13.2. The van der Waals surface area contributed by atoms with Gasteiger partial charge in [0, 0.05) is 53.3 Å². The van der Waals surface area contributed by atoms with Crippen LogP contribution in [-0.2, 0) is 16.0 Å². The number of para-hydroxylation sites is 1. The van der Waals surface area contributed by atoms with E-state index >= 15 is 0 Å². The van der Waals surface area contributed by atoms with E-state index in [4.69, 9.17) is 14.5 Å². The maximum atomic E-state index is 5.47. The van der Waals surface area contributed by atoms with Crippen molar-refractivity contribution in [3.05, 3.63) is 35.9 Å². The fraction of sp³-hybridized carbons (Fsp3) is 0.500. The van der Waals surface area contributed by atoms with Gasteiger partial charge in [-0.25, -0.2) is 4.98 Å². The van der Waals surface area contributed by atoms with Gasteiger partial charge in [-0.15, -0.1) is 0 Å². The van der Waals surface area contributed by atoms with Crippen LogP contribution in [0.5, 0.6) is 0 Å². The summed E-state index contributed by atoms with van der Waals surface area (Å²) in [6.45, 7) is 3.44. The molecule has 1 aromatic heterocycles. The van der Waals surface area contributed by atoms with Crippen LogP contribution >= 0.6 is 0 Å². The molecular formula is C20H31N5O2. The van der Waals surface area contributed by atoms with Gasteiger partial charge in [0.15, 0.2) is 5.96 Å². The Labute approximate surface area is 161 Å². The van der Waals surface area contributed by atoms with Crippen molar-refractivity contribution in [1.82, 2.24) is 15.6 Å². The number of ether oxygens (including phenoxy) is 2. The van der Waals surface area contributed by atoms with Gasteiger partial charge in [0.1, 0.15) is 5.82 Å². The summed E-state index contributed by atoms with van der Waals surface area (Å²) in [6, 6.07) is 10.3. The summed E-state index contributed by atoms with van der Waals surface area (Å²) in [5.41, 5.74) is 2.19. The number of pyridine rings is 1. The number of aliphatic imine (C=N–C) groups is 1. The molecule has 0 unspecified atom stereocenters. The van der Waals surface area contributed by atoms with Crippen LogP contribution in [0.1, 0.15) is 12.0 Å². The lowest BCUT2D eigenvalue weighted by Crippen LogP contribution is -2.37. The van der Waals surface area contributed by atoms with Crippen molar-refractivity contribution in [2.75, 3.05) is 59.5 Å². The average molecular weight is 374 g/mol. The zero-order chi connectivity index (χ0) is 19.5. The van der Waals surface area contributed by atoms with Crippen molar-refractivity contribution >= 4 is 22.7 Å². The third kappa shape index (κ3) is 6.69. The molecule has 0 saturated heterocycles. The lowest BCUT2D eigenvalue weighted by atomic mass is 10.1. The van der Waals surface area contributed by atoms with Crippen LogP contribution in [0, 0.1) is 0 Å². The molecule has 0 aliphatic rings. The van der Waals surface area contributed by atoms with Crippen molar-refractivity contribution in [3.63, 3.8) is 0 Å². The SMILES string of the molecule is CN=C(NCCCOCCOC)NCc1cc(N(C)C)nc2ccccc12. The molecule has 1 aromatic carbocycles. The third-order valence-corrected chi connectivity index (χ3v) is 4.11. The molecule has 27 heavy (non-hydrogen) atoms. The minimum atomic E-state index is 0.630. The first kappa shape index (κ1) is 20.9. The van der Waals surface area contributed by atoms with Crippen LogP contribution in [0.4, 0.5) is 5.82 Å². The highest BCUT2D eigenvalue weighted by Crippen LogP contribution is 2.21. The number of nitrogens with one attached hydrogen (secondary N) is 2. The van der Waals surface area contributed by atoms with E-state index < -0.39 is 0 Å². The number of anilines is 1. The fourth-order valence-electron chi connectivity index (χ4n) is 2.63. The number of methoxy groups -OCH3 is 1. The van der Waals surface area contributed by atoms with Crippen molar-refractivity contribution in [2.45, 2.75) is 13.0 Å². The van der Waals surface area contributed by atoms with Gasteiger partial charge in [-0.3, -0.25) is 4.99 Å². The van der Waals surface area contributed by atoms with Crippen molar-refractivity contribution in [3.8, 4) is 0 Å². The van der Waals surface area contributed by atoms with Crippen LogP contribution in [0.3, 0.4) is 0 Å². The molecule has 0 aliphatic heterocycles. The Kier molecular flexibility index (Phi) is 8.80. The zero-order valence-electron chi connectivity index (χ0n) is 16.8. The van der Waals surface area contributed by atoms with E-state index in [0.29, 0.717) is 26.4 Å². The molecule has 0 bridgehead atoms. The molecule has 0 saturated carbocycles. The molecule has 148 valence electrons.